The van der Waals surface area contributed by atoms with E-state index in [-0.39, 0.29) is 18.8 Å². The smallest absolute Gasteiger partial charge is 0.218 e. The van der Waals surface area contributed by atoms with Crippen LogP contribution >= 0.6 is 0 Å². The van der Waals surface area contributed by atoms with E-state index < -0.39 is 0 Å². The van der Waals surface area contributed by atoms with Crippen LogP contribution in [0.5, 0.6) is 5.88 Å². The van der Waals surface area contributed by atoms with E-state index in [2.05, 4.69) is 15.3 Å². The summed E-state index contributed by atoms with van der Waals surface area (Å²) >= 11 is 0. The molecule has 0 amide bonds. The zero-order valence-corrected chi connectivity index (χ0v) is 11.1. The van der Waals surface area contributed by atoms with E-state index in [1.54, 1.807) is 13.2 Å². The fourth-order valence-corrected chi connectivity index (χ4v) is 1.40. The quantitative estimate of drug-likeness (QED) is 0.723. The van der Waals surface area contributed by atoms with Crippen LogP contribution in [0.3, 0.4) is 0 Å². The van der Waals surface area contributed by atoms with Gasteiger partial charge in [-0.05, 0) is 20.3 Å². The third-order valence-electron chi connectivity index (χ3n) is 2.24. The Morgan fingerprint density at radius 3 is 2.78 bits per heavy atom. The molecule has 0 spiro atoms. The Morgan fingerprint density at radius 2 is 2.17 bits per heavy atom. The minimum absolute atomic E-state index is 0.0216. The van der Waals surface area contributed by atoms with Crippen LogP contribution in [0.2, 0.25) is 0 Å². The molecule has 18 heavy (non-hydrogen) atoms. The number of aliphatic hydroxyl groups is 1. The molecule has 1 unspecified atom stereocenters. The SMILES string of the molecule is COCCC(CO)Nc1cc(OC(C)C)ncn1. The minimum Gasteiger partial charge on any atom is -0.475 e. The molecule has 0 saturated carbocycles. The Labute approximate surface area is 107 Å². The summed E-state index contributed by atoms with van der Waals surface area (Å²) in [5, 5.41) is 12.4. The summed E-state index contributed by atoms with van der Waals surface area (Å²) < 4.78 is 10.5. The molecule has 1 atom stereocenters. The normalized spacial score (nSPS) is 12.5. The second-order valence-electron chi connectivity index (χ2n) is 4.21. The lowest BCUT2D eigenvalue weighted by Crippen LogP contribution is -2.26. The first-order chi connectivity index (χ1) is 8.65. The van der Waals surface area contributed by atoms with Crippen molar-refractivity contribution < 1.29 is 14.6 Å². The molecule has 6 heteroatoms. The standard InChI is InChI=1S/C12H21N3O3/c1-9(2)18-12-6-11(13-8-14-12)15-10(7-16)4-5-17-3/h6,8-10,16H,4-5,7H2,1-3H3,(H,13,14,15). The minimum atomic E-state index is -0.0910. The molecular formula is C12H21N3O3. The van der Waals surface area contributed by atoms with E-state index in [0.717, 1.165) is 0 Å². The Bertz CT molecular complexity index is 347. The highest BCUT2D eigenvalue weighted by molar-refractivity contribution is 5.38. The molecule has 0 saturated heterocycles. The summed E-state index contributed by atoms with van der Waals surface area (Å²) in [6.45, 7) is 4.47. The number of nitrogens with zero attached hydrogens (tertiary/aromatic N) is 2. The van der Waals surface area contributed by atoms with E-state index >= 15 is 0 Å². The van der Waals surface area contributed by atoms with E-state index in [4.69, 9.17) is 9.47 Å². The first kappa shape index (κ1) is 14.7. The molecule has 0 aliphatic rings. The average Bonchev–Trinajstić information content (AvgIpc) is 2.34. The maximum Gasteiger partial charge on any atom is 0.218 e. The van der Waals surface area contributed by atoms with Gasteiger partial charge in [0, 0.05) is 19.8 Å². The van der Waals surface area contributed by atoms with Crippen molar-refractivity contribution >= 4 is 5.82 Å². The fourth-order valence-electron chi connectivity index (χ4n) is 1.40. The van der Waals surface area contributed by atoms with Gasteiger partial charge in [-0.25, -0.2) is 9.97 Å². The van der Waals surface area contributed by atoms with Crippen LogP contribution in [0.1, 0.15) is 20.3 Å². The second kappa shape index (κ2) is 7.84. The van der Waals surface area contributed by atoms with Crippen LogP contribution in [0.25, 0.3) is 0 Å². The Hall–Kier alpha value is -1.40. The van der Waals surface area contributed by atoms with E-state index in [1.807, 2.05) is 13.8 Å². The molecule has 0 aliphatic heterocycles. The largest absolute Gasteiger partial charge is 0.475 e. The van der Waals surface area contributed by atoms with Gasteiger partial charge in [-0.1, -0.05) is 0 Å². The zero-order chi connectivity index (χ0) is 13.4. The number of hydrogen-bond acceptors (Lipinski definition) is 6. The lowest BCUT2D eigenvalue weighted by Gasteiger charge is -2.17. The summed E-state index contributed by atoms with van der Waals surface area (Å²) in [6.07, 6.45) is 2.21. The molecule has 0 fully saturated rings. The topological polar surface area (TPSA) is 76.5 Å². The third-order valence-corrected chi connectivity index (χ3v) is 2.24. The van der Waals surface area contributed by atoms with Gasteiger partial charge in [-0.15, -0.1) is 0 Å². The summed E-state index contributed by atoms with van der Waals surface area (Å²) in [5.74, 6) is 1.15. The van der Waals surface area contributed by atoms with Crippen molar-refractivity contribution in [2.24, 2.45) is 0 Å². The molecule has 1 heterocycles. The highest BCUT2D eigenvalue weighted by Gasteiger charge is 2.09. The van der Waals surface area contributed by atoms with Crippen LogP contribution in [0.4, 0.5) is 5.82 Å². The Balaban J connectivity index is 2.59. The van der Waals surface area contributed by atoms with Crippen molar-refractivity contribution in [2.75, 3.05) is 25.6 Å². The van der Waals surface area contributed by atoms with Gasteiger partial charge < -0.3 is 19.9 Å². The molecule has 102 valence electrons. The number of ether oxygens (including phenoxy) is 2. The first-order valence-electron chi connectivity index (χ1n) is 6.00. The van der Waals surface area contributed by atoms with Crippen molar-refractivity contribution in [2.45, 2.75) is 32.4 Å². The number of hydrogen-bond donors (Lipinski definition) is 2. The van der Waals surface area contributed by atoms with E-state index in [9.17, 15) is 5.11 Å². The van der Waals surface area contributed by atoms with Crippen LogP contribution in [-0.2, 0) is 4.74 Å². The molecule has 1 aromatic heterocycles. The number of anilines is 1. The van der Waals surface area contributed by atoms with Gasteiger partial charge in [0.05, 0.1) is 18.8 Å². The fraction of sp³-hybridized carbons (Fsp3) is 0.667. The third kappa shape index (κ3) is 5.29. The average molecular weight is 255 g/mol. The predicted molar refractivity (Wildman–Crippen MR) is 68.8 cm³/mol. The van der Waals surface area contributed by atoms with Crippen molar-refractivity contribution in [1.29, 1.82) is 0 Å². The lowest BCUT2D eigenvalue weighted by atomic mass is 10.2. The molecule has 0 radical (unpaired) electrons. The molecule has 2 N–H and O–H groups in total. The van der Waals surface area contributed by atoms with Crippen LogP contribution in [0, 0.1) is 0 Å². The number of nitrogens with one attached hydrogen (secondary N) is 1. The number of aromatic nitrogens is 2. The van der Waals surface area contributed by atoms with E-state index in [1.165, 1.54) is 6.33 Å². The van der Waals surface area contributed by atoms with Gasteiger partial charge in [-0.3, -0.25) is 0 Å². The highest BCUT2D eigenvalue weighted by atomic mass is 16.5. The second-order valence-corrected chi connectivity index (χ2v) is 4.21. The maximum atomic E-state index is 9.24. The van der Waals surface area contributed by atoms with Gasteiger partial charge in [0.1, 0.15) is 12.1 Å². The summed E-state index contributed by atoms with van der Waals surface area (Å²) in [4.78, 5) is 8.10. The van der Waals surface area contributed by atoms with Gasteiger partial charge in [0.2, 0.25) is 5.88 Å². The number of methoxy groups -OCH3 is 1. The summed E-state index contributed by atoms with van der Waals surface area (Å²) in [7, 11) is 1.63. The molecule has 1 rings (SSSR count). The lowest BCUT2D eigenvalue weighted by molar-refractivity contribution is 0.174. The molecule has 1 aromatic rings. The van der Waals surface area contributed by atoms with Gasteiger partial charge in [0.15, 0.2) is 0 Å². The summed E-state index contributed by atoms with van der Waals surface area (Å²) in [5.41, 5.74) is 0. The van der Waals surface area contributed by atoms with Crippen LogP contribution in [0.15, 0.2) is 12.4 Å². The van der Waals surface area contributed by atoms with Crippen LogP contribution < -0.4 is 10.1 Å². The van der Waals surface area contributed by atoms with Crippen molar-refractivity contribution in [1.82, 2.24) is 9.97 Å². The number of aliphatic hydroxyl groups excluding tert-OH is 1. The van der Waals surface area contributed by atoms with Gasteiger partial charge in [-0.2, -0.15) is 0 Å². The van der Waals surface area contributed by atoms with Crippen molar-refractivity contribution in [3.05, 3.63) is 12.4 Å². The Kier molecular flexibility index (Phi) is 6.38. The zero-order valence-electron chi connectivity index (χ0n) is 11.1. The molecule has 0 aromatic carbocycles. The monoisotopic (exact) mass is 255 g/mol. The first-order valence-corrected chi connectivity index (χ1v) is 6.00. The van der Waals surface area contributed by atoms with Gasteiger partial charge in [0.25, 0.3) is 0 Å². The van der Waals surface area contributed by atoms with Crippen molar-refractivity contribution in [3.63, 3.8) is 0 Å². The van der Waals surface area contributed by atoms with E-state index in [0.29, 0.717) is 24.7 Å². The van der Waals surface area contributed by atoms with Gasteiger partial charge >= 0.3 is 0 Å². The molecule has 6 nitrogen and oxygen atoms in total. The molecule has 0 bridgehead atoms. The highest BCUT2D eigenvalue weighted by Crippen LogP contribution is 2.14. The predicted octanol–water partition coefficient (Wildman–Crippen LogP) is 1.07. The Morgan fingerprint density at radius 1 is 1.39 bits per heavy atom. The van der Waals surface area contributed by atoms with Crippen LogP contribution in [-0.4, -0.2) is 47.5 Å². The summed E-state index contributed by atoms with van der Waals surface area (Å²) in [6, 6.07) is 1.63. The maximum absolute atomic E-state index is 9.24. The van der Waals surface area contributed by atoms with Crippen molar-refractivity contribution in [3.8, 4) is 5.88 Å². The number of rotatable bonds is 8. The molecule has 0 aliphatic carbocycles. The molecular weight excluding hydrogens is 234 g/mol.